The van der Waals surface area contributed by atoms with Crippen molar-refractivity contribution in [3.05, 3.63) is 59.5 Å². The number of hydrogen-bond donors (Lipinski definition) is 1. The van der Waals surface area contributed by atoms with Gasteiger partial charge in [-0.15, -0.1) is 0 Å². The maximum atomic E-state index is 12.1. The average Bonchev–Trinajstić information content (AvgIpc) is 3.07. The maximum Gasteiger partial charge on any atom is 0.254 e. The number of furan rings is 1. The number of carbonyl (C=O) groups excluding carboxylic acids is 2. The van der Waals surface area contributed by atoms with Crippen molar-refractivity contribution in [1.82, 2.24) is 10.2 Å². The highest BCUT2D eigenvalue weighted by Gasteiger charge is 2.27. The van der Waals surface area contributed by atoms with Gasteiger partial charge in [-0.3, -0.25) is 9.59 Å². The summed E-state index contributed by atoms with van der Waals surface area (Å²) >= 11 is 0. The van der Waals surface area contributed by atoms with E-state index in [0.717, 1.165) is 5.56 Å². The lowest BCUT2D eigenvalue weighted by Gasteiger charge is -2.14. The predicted molar refractivity (Wildman–Crippen MR) is 71.7 cm³/mol. The van der Waals surface area contributed by atoms with E-state index < -0.39 is 0 Å². The Labute approximate surface area is 116 Å². The molecule has 5 nitrogen and oxygen atoms in total. The molecule has 1 aliphatic rings. The van der Waals surface area contributed by atoms with Gasteiger partial charge >= 0.3 is 0 Å². The summed E-state index contributed by atoms with van der Waals surface area (Å²) in [6.45, 7) is 0.887. The van der Waals surface area contributed by atoms with E-state index in [1.54, 1.807) is 29.4 Å². The van der Waals surface area contributed by atoms with Gasteiger partial charge in [-0.2, -0.15) is 0 Å². The molecule has 1 N–H and O–H groups in total. The third kappa shape index (κ3) is 2.42. The minimum absolute atomic E-state index is 0.0637. The highest BCUT2D eigenvalue weighted by Crippen LogP contribution is 2.21. The fourth-order valence-corrected chi connectivity index (χ4v) is 2.27. The van der Waals surface area contributed by atoms with Crippen molar-refractivity contribution in [2.45, 2.75) is 13.1 Å². The van der Waals surface area contributed by atoms with Crippen LogP contribution < -0.4 is 5.32 Å². The van der Waals surface area contributed by atoms with Crippen LogP contribution in [-0.2, 0) is 17.9 Å². The Balaban J connectivity index is 1.57. The summed E-state index contributed by atoms with van der Waals surface area (Å²) in [6.07, 6.45) is 1.56. The summed E-state index contributed by atoms with van der Waals surface area (Å²) in [5.74, 6) is 0.408. The Morgan fingerprint density at radius 2 is 2.10 bits per heavy atom. The fraction of sp³-hybridized carbons (Fsp3) is 0.200. The molecule has 1 aromatic carbocycles. The van der Waals surface area contributed by atoms with Gasteiger partial charge in [-0.25, -0.2) is 0 Å². The predicted octanol–water partition coefficient (Wildman–Crippen LogP) is 1.55. The molecule has 102 valence electrons. The van der Waals surface area contributed by atoms with Gasteiger partial charge in [0, 0.05) is 12.1 Å². The molecule has 2 amide bonds. The van der Waals surface area contributed by atoms with Crippen LogP contribution in [0.1, 0.15) is 21.7 Å². The van der Waals surface area contributed by atoms with Gasteiger partial charge in [0.1, 0.15) is 12.3 Å². The van der Waals surface area contributed by atoms with E-state index >= 15 is 0 Å². The third-order valence-corrected chi connectivity index (χ3v) is 3.27. The number of carbonyl (C=O) groups is 2. The summed E-state index contributed by atoms with van der Waals surface area (Å²) in [4.78, 5) is 25.5. The first kappa shape index (κ1) is 12.5. The van der Waals surface area contributed by atoms with Gasteiger partial charge in [0.25, 0.3) is 5.91 Å². The molecule has 1 aromatic heterocycles. The van der Waals surface area contributed by atoms with Crippen molar-refractivity contribution >= 4 is 11.8 Å². The summed E-state index contributed by atoms with van der Waals surface area (Å²) < 4.78 is 5.13. The number of nitrogens with zero attached hydrogens (tertiary/aromatic N) is 1. The van der Waals surface area contributed by atoms with Crippen molar-refractivity contribution in [3.63, 3.8) is 0 Å². The number of nitrogens with one attached hydrogen (secondary N) is 1. The van der Waals surface area contributed by atoms with Crippen molar-refractivity contribution in [3.8, 4) is 0 Å². The monoisotopic (exact) mass is 270 g/mol. The molecule has 3 rings (SSSR count). The summed E-state index contributed by atoms with van der Waals surface area (Å²) in [5.41, 5.74) is 1.66. The Hall–Kier alpha value is -2.56. The molecule has 0 spiro atoms. The van der Waals surface area contributed by atoms with E-state index in [-0.39, 0.29) is 18.4 Å². The SMILES string of the molecule is O=C(CN1Cc2ccccc2C1=O)NCc1ccco1. The van der Waals surface area contributed by atoms with Gasteiger partial charge in [-0.05, 0) is 23.8 Å². The molecule has 0 aliphatic carbocycles. The molecule has 2 aromatic rings. The van der Waals surface area contributed by atoms with Crippen LogP contribution in [0.3, 0.4) is 0 Å². The molecule has 0 bridgehead atoms. The molecule has 0 atom stereocenters. The number of benzene rings is 1. The molecule has 0 saturated heterocycles. The van der Waals surface area contributed by atoms with Crippen LogP contribution in [0.25, 0.3) is 0 Å². The van der Waals surface area contributed by atoms with Crippen LogP contribution in [0.2, 0.25) is 0 Å². The molecular weight excluding hydrogens is 256 g/mol. The van der Waals surface area contributed by atoms with E-state index in [1.807, 2.05) is 18.2 Å². The largest absolute Gasteiger partial charge is 0.467 e. The Morgan fingerprint density at radius 1 is 1.25 bits per heavy atom. The lowest BCUT2D eigenvalue weighted by atomic mass is 10.1. The molecule has 20 heavy (non-hydrogen) atoms. The second-order valence-corrected chi connectivity index (χ2v) is 4.67. The maximum absolute atomic E-state index is 12.1. The molecule has 1 aliphatic heterocycles. The van der Waals surface area contributed by atoms with Crippen molar-refractivity contribution in [1.29, 1.82) is 0 Å². The van der Waals surface area contributed by atoms with Gasteiger partial charge in [-0.1, -0.05) is 18.2 Å². The van der Waals surface area contributed by atoms with Crippen molar-refractivity contribution < 1.29 is 14.0 Å². The van der Waals surface area contributed by atoms with Crippen molar-refractivity contribution in [2.24, 2.45) is 0 Å². The Morgan fingerprint density at radius 3 is 2.85 bits per heavy atom. The zero-order valence-corrected chi connectivity index (χ0v) is 10.8. The zero-order chi connectivity index (χ0) is 13.9. The van der Waals surface area contributed by atoms with Crippen LogP contribution in [0.15, 0.2) is 47.1 Å². The van der Waals surface area contributed by atoms with E-state index in [9.17, 15) is 9.59 Å². The highest BCUT2D eigenvalue weighted by molar-refractivity contribution is 6.00. The Kier molecular flexibility index (Phi) is 3.25. The normalized spacial score (nSPS) is 13.4. The standard InChI is InChI=1S/C15H14N2O3/c18-14(16-8-12-5-3-7-20-12)10-17-9-11-4-1-2-6-13(11)15(17)19/h1-7H,8-10H2,(H,16,18). The summed E-state index contributed by atoms with van der Waals surface area (Å²) in [7, 11) is 0. The van der Waals surface area contributed by atoms with Crippen LogP contribution >= 0.6 is 0 Å². The first-order valence-corrected chi connectivity index (χ1v) is 6.40. The van der Waals surface area contributed by atoms with Gasteiger partial charge < -0.3 is 14.6 Å². The molecule has 0 unspecified atom stereocenters. The topological polar surface area (TPSA) is 62.6 Å². The number of hydrogen-bond acceptors (Lipinski definition) is 3. The van der Waals surface area contributed by atoms with E-state index in [0.29, 0.717) is 24.4 Å². The smallest absolute Gasteiger partial charge is 0.254 e. The second-order valence-electron chi connectivity index (χ2n) is 4.67. The highest BCUT2D eigenvalue weighted by atomic mass is 16.3. The van der Waals surface area contributed by atoms with Crippen LogP contribution in [0.5, 0.6) is 0 Å². The minimum Gasteiger partial charge on any atom is -0.467 e. The van der Waals surface area contributed by atoms with Crippen LogP contribution in [0, 0.1) is 0 Å². The summed E-state index contributed by atoms with van der Waals surface area (Å²) in [6, 6.07) is 11.0. The minimum atomic E-state index is -0.192. The molecular formula is C15H14N2O3. The number of amides is 2. The average molecular weight is 270 g/mol. The van der Waals surface area contributed by atoms with Crippen LogP contribution in [-0.4, -0.2) is 23.3 Å². The fourth-order valence-electron chi connectivity index (χ4n) is 2.27. The Bertz CT molecular complexity index is 634. The lowest BCUT2D eigenvalue weighted by molar-refractivity contribution is -0.122. The van der Waals surface area contributed by atoms with E-state index in [1.165, 1.54) is 0 Å². The van der Waals surface area contributed by atoms with E-state index in [4.69, 9.17) is 4.42 Å². The first-order valence-electron chi connectivity index (χ1n) is 6.40. The molecule has 0 radical (unpaired) electrons. The van der Waals surface area contributed by atoms with Crippen LogP contribution in [0.4, 0.5) is 0 Å². The quantitative estimate of drug-likeness (QED) is 0.917. The molecule has 2 heterocycles. The van der Waals surface area contributed by atoms with E-state index in [2.05, 4.69) is 5.32 Å². The van der Waals surface area contributed by atoms with Gasteiger partial charge in [0.05, 0.1) is 12.8 Å². The second kappa shape index (κ2) is 5.21. The number of fused-ring (bicyclic) bond motifs is 1. The van der Waals surface area contributed by atoms with Gasteiger partial charge in [0.2, 0.25) is 5.91 Å². The zero-order valence-electron chi connectivity index (χ0n) is 10.8. The molecule has 0 fully saturated rings. The molecule has 0 saturated carbocycles. The first-order chi connectivity index (χ1) is 9.74. The lowest BCUT2D eigenvalue weighted by Crippen LogP contribution is -2.37. The van der Waals surface area contributed by atoms with Gasteiger partial charge in [0.15, 0.2) is 0 Å². The van der Waals surface area contributed by atoms with Crippen molar-refractivity contribution in [2.75, 3.05) is 6.54 Å². The number of rotatable bonds is 4. The molecule has 5 heteroatoms. The summed E-state index contributed by atoms with van der Waals surface area (Å²) in [5, 5.41) is 2.73. The third-order valence-electron chi connectivity index (χ3n) is 3.27.